The van der Waals surface area contributed by atoms with E-state index in [0.29, 0.717) is 17.4 Å². The minimum absolute atomic E-state index is 0.0161. The zero-order valence-electron chi connectivity index (χ0n) is 23.1. The molecule has 6 rings (SSSR count). The van der Waals surface area contributed by atoms with Crippen molar-refractivity contribution in [3.05, 3.63) is 36.4 Å². The molecule has 0 aromatic heterocycles. The predicted octanol–water partition coefficient (Wildman–Crippen LogP) is 4.20. The summed E-state index contributed by atoms with van der Waals surface area (Å²) in [6.07, 6.45) is 13.7. The van der Waals surface area contributed by atoms with E-state index in [2.05, 4.69) is 17.6 Å². The van der Waals surface area contributed by atoms with Gasteiger partial charge >= 0.3 is 0 Å². The summed E-state index contributed by atoms with van der Waals surface area (Å²) in [6, 6.07) is 6.51. The molecule has 4 fully saturated rings. The summed E-state index contributed by atoms with van der Waals surface area (Å²) in [6.45, 7) is 2.20. The minimum atomic E-state index is -1.12. The number of benzene rings is 1. The van der Waals surface area contributed by atoms with Gasteiger partial charge in [-0.25, -0.2) is 0 Å². The number of methoxy groups -OCH3 is 1. The normalized spacial score (nSPS) is 35.9. The predicted molar refractivity (Wildman–Crippen MR) is 147 cm³/mol. The van der Waals surface area contributed by atoms with Crippen LogP contribution < -0.4 is 15.4 Å². The van der Waals surface area contributed by atoms with Gasteiger partial charge in [-0.15, -0.1) is 0 Å². The Morgan fingerprint density at radius 3 is 2.51 bits per heavy atom. The number of hydrogen-bond acceptors (Lipinski definition) is 5. The van der Waals surface area contributed by atoms with Gasteiger partial charge in [0.15, 0.2) is 0 Å². The molecule has 2 saturated heterocycles. The molecule has 1 spiro atoms. The molecular weight excluding hydrogens is 494 g/mol. The van der Waals surface area contributed by atoms with Gasteiger partial charge in [0.2, 0.25) is 17.7 Å². The lowest BCUT2D eigenvalue weighted by Crippen LogP contribution is -2.59. The number of carbonyl (C=O) groups is 3. The monoisotopic (exact) mass is 535 g/mol. The number of likely N-dealkylation sites (tertiary alicyclic amines) is 1. The molecule has 8 nitrogen and oxygen atoms in total. The van der Waals surface area contributed by atoms with Crippen LogP contribution in [0, 0.1) is 17.8 Å². The van der Waals surface area contributed by atoms with E-state index in [1.165, 1.54) is 6.42 Å². The maximum atomic E-state index is 14.4. The number of carbonyl (C=O) groups excluding carboxylic acids is 3. The fourth-order valence-electron chi connectivity index (χ4n) is 7.85. The fraction of sp³-hybridized carbons (Fsp3) is 0.645. The largest absolute Gasteiger partial charge is 0.497 e. The molecule has 0 unspecified atom stereocenters. The van der Waals surface area contributed by atoms with Gasteiger partial charge in [0.1, 0.15) is 17.4 Å². The standard InChI is InChI=1S/C31H41N3O5/c1-19-10-7-8-15-23(19)33-29(36)27-31-17-16-24(39-31)25(28(35)32-20-11-9-14-22(18-20)38-2)26(31)30(37)34(27)21-12-5-3-4-6-13-21/h9,11,14,16-19,21,23-27H,3-8,10,12-13,15H2,1-2H3,(H,32,35)(H,33,36)/t19-,23+,24-,25+,26-,27-,31-/m1/s1. The van der Waals surface area contributed by atoms with E-state index in [9.17, 15) is 14.4 Å². The summed E-state index contributed by atoms with van der Waals surface area (Å²) in [5.74, 6) is -0.894. The zero-order valence-corrected chi connectivity index (χ0v) is 23.1. The number of nitrogens with one attached hydrogen (secondary N) is 2. The summed E-state index contributed by atoms with van der Waals surface area (Å²) in [5, 5.41) is 6.33. The van der Waals surface area contributed by atoms with Gasteiger partial charge in [0.05, 0.1) is 25.0 Å². The summed E-state index contributed by atoms with van der Waals surface area (Å²) < 4.78 is 11.9. The third-order valence-corrected chi connectivity index (χ3v) is 9.86. The number of amides is 3. The molecule has 7 atom stereocenters. The molecule has 8 heteroatoms. The van der Waals surface area contributed by atoms with E-state index in [4.69, 9.17) is 9.47 Å². The Morgan fingerprint density at radius 1 is 1.03 bits per heavy atom. The first-order chi connectivity index (χ1) is 18.9. The number of anilines is 1. The van der Waals surface area contributed by atoms with Crippen LogP contribution >= 0.6 is 0 Å². The molecule has 2 aliphatic carbocycles. The van der Waals surface area contributed by atoms with Crippen LogP contribution in [-0.4, -0.2) is 59.6 Å². The second kappa shape index (κ2) is 10.6. The Balaban J connectivity index is 1.32. The van der Waals surface area contributed by atoms with Gasteiger partial charge in [0, 0.05) is 23.8 Å². The van der Waals surface area contributed by atoms with Crippen molar-refractivity contribution in [1.29, 1.82) is 0 Å². The fourth-order valence-corrected chi connectivity index (χ4v) is 7.85. The SMILES string of the molecule is COc1cccc(NC(=O)[C@H]2[C@H]3C=C[C@@]4(O3)[C@H]2C(=O)N(C2CCCCCC2)[C@@H]4C(=O)N[C@H]2CCCC[C@H]2C)c1. The Hall–Kier alpha value is -2.87. The maximum absolute atomic E-state index is 14.4. The molecule has 5 aliphatic rings. The van der Waals surface area contributed by atoms with E-state index >= 15 is 0 Å². The highest BCUT2D eigenvalue weighted by atomic mass is 16.5. The van der Waals surface area contributed by atoms with Crippen LogP contribution in [0.25, 0.3) is 0 Å². The number of fused-ring (bicyclic) bond motifs is 1. The molecular formula is C31H41N3O5. The first kappa shape index (κ1) is 26.4. The van der Waals surface area contributed by atoms with Crippen molar-refractivity contribution in [2.45, 2.75) is 101 Å². The second-order valence-electron chi connectivity index (χ2n) is 12.2. The number of rotatable bonds is 6. The third-order valence-electron chi connectivity index (χ3n) is 9.86. The van der Waals surface area contributed by atoms with Gasteiger partial charge < -0.3 is 25.0 Å². The summed E-state index contributed by atoms with van der Waals surface area (Å²) in [4.78, 5) is 44.1. The molecule has 3 aliphatic heterocycles. The molecule has 1 aromatic carbocycles. The smallest absolute Gasteiger partial charge is 0.246 e. The summed E-state index contributed by atoms with van der Waals surface area (Å²) in [7, 11) is 1.58. The third kappa shape index (κ3) is 4.54. The molecule has 210 valence electrons. The first-order valence-electron chi connectivity index (χ1n) is 14.9. The molecule has 1 aromatic rings. The quantitative estimate of drug-likeness (QED) is 0.420. The Labute approximate surface area is 230 Å². The van der Waals surface area contributed by atoms with Gasteiger partial charge in [-0.3, -0.25) is 14.4 Å². The second-order valence-corrected chi connectivity index (χ2v) is 12.2. The highest BCUT2D eigenvalue weighted by Crippen LogP contribution is 2.56. The van der Waals surface area contributed by atoms with Crippen LogP contribution in [0.1, 0.15) is 71.1 Å². The molecule has 0 radical (unpaired) electrons. The van der Waals surface area contributed by atoms with Crippen LogP contribution in [0.5, 0.6) is 5.75 Å². The minimum Gasteiger partial charge on any atom is -0.497 e. The van der Waals surface area contributed by atoms with E-state index in [0.717, 1.165) is 57.8 Å². The van der Waals surface area contributed by atoms with Gasteiger partial charge in [0.25, 0.3) is 0 Å². The van der Waals surface area contributed by atoms with Gasteiger partial charge in [-0.1, -0.05) is 63.7 Å². The molecule has 2 saturated carbocycles. The molecule has 3 amide bonds. The van der Waals surface area contributed by atoms with Gasteiger partial charge in [-0.2, -0.15) is 0 Å². The van der Waals surface area contributed by atoms with Crippen LogP contribution in [0.2, 0.25) is 0 Å². The average molecular weight is 536 g/mol. The lowest BCUT2D eigenvalue weighted by Gasteiger charge is -2.38. The van der Waals surface area contributed by atoms with Crippen molar-refractivity contribution in [3.63, 3.8) is 0 Å². The van der Waals surface area contributed by atoms with Gasteiger partial charge in [-0.05, 0) is 43.7 Å². The van der Waals surface area contributed by atoms with Crippen molar-refractivity contribution in [2.24, 2.45) is 17.8 Å². The van der Waals surface area contributed by atoms with E-state index in [-0.39, 0.29) is 29.8 Å². The molecule has 39 heavy (non-hydrogen) atoms. The first-order valence-corrected chi connectivity index (χ1v) is 14.9. The van der Waals surface area contributed by atoms with E-state index in [1.54, 1.807) is 19.2 Å². The van der Waals surface area contributed by atoms with Crippen molar-refractivity contribution >= 4 is 23.4 Å². The van der Waals surface area contributed by atoms with E-state index < -0.39 is 29.6 Å². The van der Waals surface area contributed by atoms with Crippen molar-refractivity contribution in [1.82, 2.24) is 10.2 Å². The topological polar surface area (TPSA) is 97.0 Å². The number of nitrogens with zero attached hydrogens (tertiary/aromatic N) is 1. The lowest BCUT2D eigenvalue weighted by atomic mass is 9.74. The lowest BCUT2D eigenvalue weighted by molar-refractivity contribution is -0.144. The van der Waals surface area contributed by atoms with E-state index in [1.807, 2.05) is 29.2 Å². The Morgan fingerprint density at radius 2 is 1.77 bits per heavy atom. The molecule has 2 N–H and O–H groups in total. The zero-order chi connectivity index (χ0) is 27.1. The molecule has 2 bridgehead atoms. The Kier molecular flexibility index (Phi) is 7.16. The van der Waals surface area contributed by atoms with Crippen molar-refractivity contribution in [3.8, 4) is 5.75 Å². The number of hydrogen-bond donors (Lipinski definition) is 2. The highest BCUT2D eigenvalue weighted by molar-refractivity contribution is 6.03. The average Bonchev–Trinajstić information content (AvgIpc) is 3.48. The summed E-state index contributed by atoms with van der Waals surface area (Å²) in [5.41, 5.74) is -0.515. The molecule has 3 heterocycles. The highest BCUT2D eigenvalue weighted by Gasteiger charge is 2.73. The van der Waals surface area contributed by atoms with Crippen LogP contribution in [-0.2, 0) is 19.1 Å². The van der Waals surface area contributed by atoms with Crippen molar-refractivity contribution in [2.75, 3.05) is 12.4 Å². The number of ether oxygens (including phenoxy) is 2. The summed E-state index contributed by atoms with van der Waals surface area (Å²) >= 11 is 0. The van der Waals surface area contributed by atoms with Crippen LogP contribution in [0.3, 0.4) is 0 Å². The van der Waals surface area contributed by atoms with Crippen LogP contribution in [0.15, 0.2) is 36.4 Å². The Bertz CT molecular complexity index is 1140. The van der Waals surface area contributed by atoms with Crippen LogP contribution in [0.4, 0.5) is 5.69 Å². The van der Waals surface area contributed by atoms with Crippen molar-refractivity contribution < 1.29 is 23.9 Å². The maximum Gasteiger partial charge on any atom is 0.246 e.